The van der Waals surface area contributed by atoms with Gasteiger partial charge < -0.3 is 5.32 Å². The van der Waals surface area contributed by atoms with Gasteiger partial charge in [-0.05, 0) is 55.0 Å². The van der Waals surface area contributed by atoms with Crippen molar-refractivity contribution in [3.8, 4) is 11.3 Å². The first-order valence-electron chi connectivity index (χ1n) is 8.70. The summed E-state index contributed by atoms with van der Waals surface area (Å²) in [6.45, 7) is 0. The number of nitrogens with zero attached hydrogens (tertiary/aromatic N) is 1. The highest BCUT2D eigenvalue weighted by atomic mass is 32.1. The van der Waals surface area contributed by atoms with Gasteiger partial charge in [-0.15, -0.1) is 11.3 Å². The molecule has 1 aliphatic rings. The van der Waals surface area contributed by atoms with Gasteiger partial charge in [0, 0.05) is 10.9 Å². The fourth-order valence-electron chi connectivity index (χ4n) is 3.22. The number of nitrogens with one attached hydrogen (secondary N) is 2. The normalized spacial score (nSPS) is 13.1. The summed E-state index contributed by atoms with van der Waals surface area (Å²) in [5, 5.41) is 6.91. The fourth-order valence-corrected chi connectivity index (χ4v) is 3.93. The SMILES string of the molecule is O=C(Nc1nc(-c2ccc3c(c2)CCCC3)cs1)Nc1c(F)cccc1F. The fraction of sp³-hybridized carbons (Fsp3) is 0.200. The summed E-state index contributed by atoms with van der Waals surface area (Å²) in [6, 6.07) is 8.99. The number of hydrogen-bond donors (Lipinski definition) is 2. The van der Waals surface area contributed by atoms with Gasteiger partial charge in [0.25, 0.3) is 0 Å². The Labute approximate surface area is 159 Å². The Morgan fingerprint density at radius 2 is 1.74 bits per heavy atom. The van der Waals surface area contributed by atoms with E-state index in [1.165, 1.54) is 41.4 Å². The minimum absolute atomic E-state index is 0.358. The second-order valence-electron chi connectivity index (χ2n) is 6.40. The summed E-state index contributed by atoms with van der Waals surface area (Å²) in [7, 11) is 0. The van der Waals surface area contributed by atoms with Crippen LogP contribution < -0.4 is 10.6 Å². The van der Waals surface area contributed by atoms with E-state index in [9.17, 15) is 13.6 Å². The van der Waals surface area contributed by atoms with Crippen molar-refractivity contribution in [2.75, 3.05) is 10.6 Å². The average Bonchev–Trinajstić information content (AvgIpc) is 3.13. The Kier molecular flexibility index (Phi) is 4.85. The summed E-state index contributed by atoms with van der Waals surface area (Å²) in [5.74, 6) is -1.67. The van der Waals surface area contributed by atoms with Crippen LogP contribution >= 0.6 is 11.3 Å². The summed E-state index contributed by atoms with van der Waals surface area (Å²) in [5.41, 5.74) is 4.03. The van der Waals surface area contributed by atoms with E-state index >= 15 is 0 Å². The summed E-state index contributed by atoms with van der Waals surface area (Å²) >= 11 is 1.26. The molecule has 0 saturated carbocycles. The van der Waals surface area contributed by atoms with Gasteiger partial charge in [0.05, 0.1) is 5.69 Å². The van der Waals surface area contributed by atoms with Crippen LogP contribution in [0, 0.1) is 11.6 Å². The number of carbonyl (C=O) groups is 1. The number of rotatable bonds is 3. The lowest BCUT2D eigenvalue weighted by molar-refractivity contribution is 0.262. The maximum absolute atomic E-state index is 13.6. The number of benzene rings is 2. The van der Waals surface area contributed by atoms with Crippen LogP contribution in [0.25, 0.3) is 11.3 Å². The van der Waals surface area contributed by atoms with E-state index in [-0.39, 0.29) is 0 Å². The molecule has 1 aliphatic carbocycles. The third kappa shape index (κ3) is 3.83. The number of aryl methyl sites for hydroxylation is 2. The molecule has 0 unspecified atom stereocenters. The molecule has 7 heteroatoms. The zero-order valence-corrected chi connectivity index (χ0v) is 15.2. The highest BCUT2D eigenvalue weighted by molar-refractivity contribution is 7.14. The molecule has 0 fully saturated rings. The number of halogens is 2. The van der Waals surface area contributed by atoms with Crippen molar-refractivity contribution in [1.29, 1.82) is 0 Å². The molecule has 0 bridgehead atoms. The molecule has 1 aromatic heterocycles. The molecule has 0 aliphatic heterocycles. The van der Waals surface area contributed by atoms with Crippen LogP contribution in [-0.4, -0.2) is 11.0 Å². The second-order valence-corrected chi connectivity index (χ2v) is 7.26. The van der Waals surface area contributed by atoms with Crippen LogP contribution in [0.4, 0.5) is 24.4 Å². The minimum atomic E-state index is -0.834. The lowest BCUT2D eigenvalue weighted by Crippen LogP contribution is -2.20. The van der Waals surface area contributed by atoms with E-state index in [2.05, 4.69) is 27.8 Å². The molecule has 2 amide bonds. The van der Waals surface area contributed by atoms with E-state index < -0.39 is 23.4 Å². The van der Waals surface area contributed by atoms with Gasteiger partial charge in [-0.25, -0.2) is 18.6 Å². The number of urea groups is 1. The van der Waals surface area contributed by atoms with Gasteiger partial charge in [0.2, 0.25) is 0 Å². The van der Waals surface area contributed by atoms with Crippen LogP contribution in [0.15, 0.2) is 41.8 Å². The number of amides is 2. The van der Waals surface area contributed by atoms with Crippen molar-refractivity contribution in [3.63, 3.8) is 0 Å². The highest BCUT2D eigenvalue weighted by Crippen LogP contribution is 2.29. The van der Waals surface area contributed by atoms with Gasteiger partial charge in [0.15, 0.2) is 5.13 Å². The van der Waals surface area contributed by atoms with Crippen LogP contribution in [-0.2, 0) is 12.8 Å². The minimum Gasteiger partial charge on any atom is -0.302 e. The number of hydrogen-bond acceptors (Lipinski definition) is 3. The maximum atomic E-state index is 13.6. The lowest BCUT2D eigenvalue weighted by atomic mass is 9.90. The monoisotopic (exact) mass is 385 g/mol. The zero-order valence-electron chi connectivity index (χ0n) is 14.4. The van der Waals surface area contributed by atoms with Crippen LogP contribution in [0.1, 0.15) is 24.0 Å². The van der Waals surface area contributed by atoms with Crippen LogP contribution in [0.3, 0.4) is 0 Å². The molecular formula is C20H17F2N3OS. The van der Waals surface area contributed by atoms with Crippen molar-refractivity contribution in [1.82, 2.24) is 4.98 Å². The summed E-state index contributed by atoms with van der Waals surface area (Å²) in [6.07, 6.45) is 4.63. The van der Waals surface area contributed by atoms with Gasteiger partial charge in [-0.2, -0.15) is 0 Å². The molecule has 0 spiro atoms. The summed E-state index contributed by atoms with van der Waals surface area (Å²) in [4.78, 5) is 16.4. The molecule has 0 saturated heterocycles. The Morgan fingerprint density at radius 3 is 2.52 bits per heavy atom. The van der Waals surface area contributed by atoms with Crippen molar-refractivity contribution in [3.05, 3.63) is 64.5 Å². The number of carbonyl (C=O) groups excluding carboxylic acids is 1. The third-order valence-electron chi connectivity index (χ3n) is 4.57. The van der Waals surface area contributed by atoms with E-state index in [0.717, 1.165) is 36.2 Å². The zero-order chi connectivity index (χ0) is 18.8. The highest BCUT2D eigenvalue weighted by Gasteiger charge is 2.15. The molecule has 4 rings (SSSR count). The lowest BCUT2D eigenvalue weighted by Gasteiger charge is -2.16. The van der Waals surface area contributed by atoms with Crippen molar-refractivity contribution in [2.45, 2.75) is 25.7 Å². The molecule has 0 radical (unpaired) electrons. The molecular weight excluding hydrogens is 368 g/mol. The quantitative estimate of drug-likeness (QED) is 0.616. The largest absolute Gasteiger partial charge is 0.325 e. The maximum Gasteiger partial charge on any atom is 0.325 e. The van der Waals surface area contributed by atoms with E-state index in [4.69, 9.17) is 0 Å². The van der Waals surface area contributed by atoms with E-state index in [0.29, 0.717) is 5.13 Å². The molecule has 1 heterocycles. The first-order chi connectivity index (χ1) is 13.1. The molecule has 2 aromatic carbocycles. The Bertz CT molecular complexity index is 982. The Hall–Kier alpha value is -2.80. The Morgan fingerprint density at radius 1 is 1.00 bits per heavy atom. The van der Waals surface area contributed by atoms with Gasteiger partial charge in [-0.3, -0.25) is 5.32 Å². The number of thiazole rings is 1. The molecule has 4 nitrogen and oxygen atoms in total. The van der Waals surface area contributed by atoms with Crippen LogP contribution in [0.2, 0.25) is 0 Å². The molecule has 138 valence electrons. The second kappa shape index (κ2) is 7.44. The summed E-state index contributed by atoms with van der Waals surface area (Å²) < 4.78 is 27.2. The standard InChI is InChI=1S/C20H17F2N3OS/c21-15-6-3-7-16(22)18(15)24-19(26)25-20-23-17(11-27-20)14-9-8-12-4-1-2-5-13(12)10-14/h3,6-11H,1-2,4-5H2,(H2,23,24,25,26). The average molecular weight is 385 g/mol. The van der Waals surface area contributed by atoms with Gasteiger partial charge in [0.1, 0.15) is 17.3 Å². The first-order valence-corrected chi connectivity index (χ1v) is 9.58. The van der Waals surface area contributed by atoms with Crippen molar-refractivity contribution in [2.24, 2.45) is 0 Å². The topological polar surface area (TPSA) is 54.0 Å². The molecule has 2 N–H and O–H groups in total. The third-order valence-corrected chi connectivity index (χ3v) is 5.33. The molecule has 0 atom stereocenters. The van der Waals surface area contributed by atoms with Crippen LogP contribution in [0.5, 0.6) is 0 Å². The van der Waals surface area contributed by atoms with Crippen molar-refractivity contribution < 1.29 is 13.6 Å². The smallest absolute Gasteiger partial charge is 0.302 e. The molecule has 3 aromatic rings. The Balaban J connectivity index is 1.47. The van der Waals surface area contributed by atoms with E-state index in [1.807, 2.05) is 11.4 Å². The first kappa shape index (κ1) is 17.6. The predicted molar refractivity (Wildman–Crippen MR) is 103 cm³/mol. The predicted octanol–water partition coefficient (Wildman–Crippen LogP) is 5.61. The van der Waals surface area contributed by atoms with Crippen molar-refractivity contribution >= 4 is 28.2 Å². The number of aromatic nitrogens is 1. The number of fused-ring (bicyclic) bond motifs is 1. The number of para-hydroxylation sites is 1. The van der Waals surface area contributed by atoms with Gasteiger partial charge >= 0.3 is 6.03 Å². The number of anilines is 2. The van der Waals surface area contributed by atoms with E-state index in [1.54, 1.807) is 0 Å². The molecule has 27 heavy (non-hydrogen) atoms. The van der Waals surface area contributed by atoms with Gasteiger partial charge in [-0.1, -0.05) is 18.2 Å².